The lowest BCUT2D eigenvalue weighted by molar-refractivity contribution is -0.134. The molecule has 1 saturated heterocycles. The summed E-state index contributed by atoms with van der Waals surface area (Å²) >= 11 is 0. The predicted octanol–water partition coefficient (Wildman–Crippen LogP) is 2.23. The summed E-state index contributed by atoms with van der Waals surface area (Å²) in [6.07, 6.45) is 7.78. The molecule has 4 aromatic rings. The number of fused-ring (bicyclic) bond motifs is 1. The zero-order chi connectivity index (χ0) is 26.4. The van der Waals surface area contributed by atoms with E-state index in [-0.39, 0.29) is 23.6 Å². The van der Waals surface area contributed by atoms with E-state index < -0.39 is 11.3 Å². The van der Waals surface area contributed by atoms with E-state index in [0.29, 0.717) is 37.1 Å². The maximum atomic E-state index is 13.0. The number of benzene rings is 1. The summed E-state index contributed by atoms with van der Waals surface area (Å²) in [4.78, 5) is 27.0. The van der Waals surface area contributed by atoms with Crippen LogP contribution < -0.4 is 11.1 Å². The molecule has 11 nitrogen and oxygen atoms in total. The number of carbonyl (C=O) groups excluding carboxylic acids is 2. The Morgan fingerprint density at radius 2 is 1.97 bits per heavy atom. The third-order valence-electron chi connectivity index (χ3n) is 7.43. The molecule has 1 aliphatic carbocycles. The van der Waals surface area contributed by atoms with Crippen molar-refractivity contribution in [1.82, 2.24) is 24.3 Å². The molecule has 4 heterocycles. The monoisotopic (exact) mass is 510 g/mol. The molecule has 6 rings (SSSR count). The summed E-state index contributed by atoms with van der Waals surface area (Å²) in [7, 11) is 1.59. The second-order valence-electron chi connectivity index (χ2n) is 9.78. The quantitative estimate of drug-likeness (QED) is 0.388. The number of carbonyl (C=O) groups is 2. The van der Waals surface area contributed by atoms with E-state index in [2.05, 4.69) is 21.6 Å². The van der Waals surface area contributed by atoms with E-state index in [0.717, 1.165) is 16.8 Å². The van der Waals surface area contributed by atoms with Crippen LogP contribution in [0.3, 0.4) is 0 Å². The molecular formula is C27H26N8O3. The summed E-state index contributed by atoms with van der Waals surface area (Å²) in [5.74, 6) is -0.778. The molecule has 38 heavy (non-hydrogen) atoms. The largest absolute Gasteiger partial charge is 0.377 e. The zero-order valence-electron chi connectivity index (χ0n) is 20.7. The third-order valence-corrected chi connectivity index (χ3v) is 7.43. The van der Waals surface area contributed by atoms with Gasteiger partial charge < -0.3 is 20.7 Å². The fraction of sp³-hybridized carbons (Fsp3) is 0.296. The standard InChI is InChI=1S/C27H26N8O3/c1-38-23-15-33(26(37)27(16-28)7-8-27)14-21(23)32-24-20(25(29)36)12-31-35-13-18(11-22(24)35)17-3-5-19(6-4-17)34-10-2-9-30-34/h2-6,9-13,21,23,32H,7-8,14-15H2,1H3,(H2,29,36)/t21-,23-/m1/s1. The van der Waals surface area contributed by atoms with Crippen LogP contribution in [-0.2, 0) is 9.53 Å². The van der Waals surface area contributed by atoms with Crippen molar-refractivity contribution in [2.75, 3.05) is 25.5 Å². The lowest BCUT2D eigenvalue weighted by Gasteiger charge is -2.21. The van der Waals surface area contributed by atoms with Gasteiger partial charge in [-0.3, -0.25) is 9.59 Å². The Morgan fingerprint density at radius 1 is 1.18 bits per heavy atom. The molecule has 3 aromatic heterocycles. The van der Waals surface area contributed by atoms with Crippen molar-refractivity contribution >= 4 is 23.0 Å². The maximum Gasteiger partial charge on any atom is 0.252 e. The van der Waals surface area contributed by atoms with Gasteiger partial charge in [-0.2, -0.15) is 15.5 Å². The molecule has 0 unspecified atom stereocenters. The first kappa shape index (κ1) is 23.7. The highest BCUT2D eigenvalue weighted by atomic mass is 16.5. The number of nitriles is 1. The average molecular weight is 511 g/mol. The molecule has 2 aliphatic rings. The van der Waals surface area contributed by atoms with Crippen molar-refractivity contribution in [1.29, 1.82) is 5.26 Å². The Bertz CT molecular complexity index is 1560. The van der Waals surface area contributed by atoms with E-state index in [1.54, 1.807) is 27.4 Å². The van der Waals surface area contributed by atoms with Crippen molar-refractivity contribution in [3.63, 3.8) is 0 Å². The van der Waals surface area contributed by atoms with E-state index in [4.69, 9.17) is 10.5 Å². The predicted molar refractivity (Wildman–Crippen MR) is 138 cm³/mol. The van der Waals surface area contributed by atoms with Gasteiger partial charge in [0, 0.05) is 44.4 Å². The van der Waals surface area contributed by atoms with Crippen LogP contribution in [0.25, 0.3) is 22.3 Å². The molecule has 1 aromatic carbocycles. The highest BCUT2D eigenvalue weighted by Crippen LogP contribution is 2.47. The van der Waals surface area contributed by atoms with Gasteiger partial charge in [-0.25, -0.2) is 9.20 Å². The highest BCUT2D eigenvalue weighted by molar-refractivity contribution is 6.02. The Kier molecular flexibility index (Phi) is 5.61. The number of nitrogens with two attached hydrogens (primary N) is 1. The first-order valence-corrected chi connectivity index (χ1v) is 12.3. The molecular weight excluding hydrogens is 484 g/mol. The summed E-state index contributed by atoms with van der Waals surface area (Å²) in [5, 5.41) is 21.6. The Labute approximate surface area is 218 Å². The van der Waals surface area contributed by atoms with Crippen molar-refractivity contribution in [3.05, 3.63) is 66.7 Å². The van der Waals surface area contributed by atoms with Crippen LogP contribution >= 0.6 is 0 Å². The van der Waals surface area contributed by atoms with Gasteiger partial charge in [-0.05, 0) is 42.7 Å². The second-order valence-corrected chi connectivity index (χ2v) is 9.78. The molecule has 0 spiro atoms. The molecule has 3 N–H and O–H groups in total. The van der Waals surface area contributed by atoms with Crippen LogP contribution in [0.4, 0.5) is 5.69 Å². The number of aromatic nitrogens is 4. The van der Waals surface area contributed by atoms with E-state index in [1.165, 1.54) is 6.20 Å². The number of methoxy groups -OCH3 is 1. The van der Waals surface area contributed by atoms with Crippen LogP contribution in [-0.4, -0.2) is 68.5 Å². The number of likely N-dealkylation sites (tertiary alicyclic amines) is 1. The molecule has 11 heteroatoms. The van der Waals surface area contributed by atoms with Gasteiger partial charge in [0.15, 0.2) is 0 Å². The molecule has 192 valence electrons. The fourth-order valence-electron chi connectivity index (χ4n) is 5.08. The zero-order valence-corrected chi connectivity index (χ0v) is 20.7. The first-order valence-electron chi connectivity index (χ1n) is 12.3. The molecule has 2 fully saturated rings. The minimum atomic E-state index is -0.904. The number of ether oxygens (including phenoxy) is 1. The average Bonchev–Trinajstić information content (AvgIpc) is 3.29. The number of anilines is 1. The molecule has 2 atom stereocenters. The fourth-order valence-corrected chi connectivity index (χ4v) is 5.08. The topological polar surface area (TPSA) is 144 Å². The Hall–Kier alpha value is -4.69. The number of nitrogens with one attached hydrogen (secondary N) is 1. The van der Waals surface area contributed by atoms with E-state index in [9.17, 15) is 14.9 Å². The van der Waals surface area contributed by atoms with Crippen LogP contribution in [0.1, 0.15) is 23.2 Å². The maximum absolute atomic E-state index is 13.0. The van der Waals surface area contributed by atoms with Gasteiger partial charge in [0.2, 0.25) is 5.91 Å². The lowest BCUT2D eigenvalue weighted by atomic mass is 10.1. The first-order chi connectivity index (χ1) is 18.4. The molecule has 1 aliphatic heterocycles. The van der Waals surface area contributed by atoms with E-state index >= 15 is 0 Å². The summed E-state index contributed by atoms with van der Waals surface area (Å²) < 4.78 is 9.17. The van der Waals surface area contributed by atoms with Gasteiger partial charge in [0.25, 0.3) is 5.91 Å². The highest BCUT2D eigenvalue weighted by Gasteiger charge is 2.54. The van der Waals surface area contributed by atoms with Gasteiger partial charge >= 0.3 is 0 Å². The SMILES string of the molecule is CO[C@@H]1CN(C(=O)C2(C#N)CC2)C[C@H]1Nc1c(C(N)=O)cnn2cc(-c3ccc(-n4cccn4)cc3)cc12. The van der Waals surface area contributed by atoms with Crippen molar-refractivity contribution in [2.24, 2.45) is 11.1 Å². The Balaban J connectivity index is 1.32. The van der Waals surface area contributed by atoms with Crippen molar-refractivity contribution < 1.29 is 14.3 Å². The third kappa shape index (κ3) is 3.95. The molecule has 0 bridgehead atoms. The van der Waals surface area contributed by atoms with Gasteiger partial charge in [-0.1, -0.05) is 12.1 Å². The summed E-state index contributed by atoms with van der Waals surface area (Å²) in [5.41, 5.74) is 9.07. The van der Waals surface area contributed by atoms with Gasteiger partial charge in [0.1, 0.15) is 5.41 Å². The van der Waals surface area contributed by atoms with Gasteiger partial charge in [-0.15, -0.1) is 0 Å². The number of nitrogens with zero attached hydrogens (tertiary/aromatic N) is 6. The summed E-state index contributed by atoms with van der Waals surface area (Å²) in [6, 6.07) is 13.6. The Morgan fingerprint density at radius 3 is 2.61 bits per heavy atom. The smallest absolute Gasteiger partial charge is 0.252 e. The van der Waals surface area contributed by atoms with E-state index in [1.807, 2.05) is 48.8 Å². The minimum absolute atomic E-state index is 0.162. The van der Waals surface area contributed by atoms with Crippen molar-refractivity contribution in [2.45, 2.75) is 25.0 Å². The number of amides is 2. The summed E-state index contributed by atoms with van der Waals surface area (Å²) in [6.45, 7) is 0.703. The van der Waals surface area contributed by atoms with Crippen molar-refractivity contribution in [3.8, 4) is 22.9 Å². The number of primary amides is 1. The van der Waals surface area contributed by atoms with Crippen LogP contribution in [0.2, 0.25) is 0 Å². The van der Waals surface area contributed by atoms with Crippen LogP contribution in [0, 0.1) is 16.7 Å². The molecule has 1 saturated carbocycles. The van der Waals surface area contributed by atoms with Gasteiger partial charge in [0.05, 0.1) is 46.9 Å². The number of hydrogen-bond acceptors (Lipinski definition) is 7. The number of hydrogen-bond donors (Lipinski definition) is 2. The molecule has 2 amide bonds. The van der Waals surface area contributed by atoms with Crippen LogP contribution in [0.5, 0.6) is 0 Å². The second kappa shape index (κ2) is 9.00. The van der Waals surface area contributed by atoms with Crippen LogP contribution in [0.15, 0.2) is 61.2 Å². The number of rotatable bonds is 7. The lowest BCUT2D eigenvalue weighted by Crippen LogP contribution is -2.37. The molecule has 0 radical (unpaired) electrons. The normalized spacial score (nSPS) is 19.8. The minimum Gasteiger partial charge on any atom is -0.377 e.